The number of carbonyl (C=O) groups is 2. The Balaban J connectivity index is 2.29. The number of aliphatic carboxylic acids is 1. The van der Waals surface area contributed by atoms with Gasteiger partial charge in [-0.2, -0.15) is 0 Å². The predicted octanol–water partition coefficient (Wildman–Crippen LogP) is 1.49. The van der Waals surface area contributed by atoms with Gasteiger partial charge >= 0.3 is 5.97 Å². The molecule has 0 saturated heterocycles. The summed E-state index contributed by atoms with van der Waals surface area (Å²) in [6.45, 7) is 2.54. The van der Waals surface area contributed by atoms with Crippen LogP contribution in [0.15, 0.2) is 30.5 Å². The Morgan fingerprint density at radius 2 is 1.91 bits per heavy atom. The monoisotopic (exact) mass is 338 g/mol. The van der Waals surface area contributed by atoms with E-state index in [4.69, 9.17) is 5.11 Å². The lowest BCUT2D eigenvalue weighted by atomic mass is 10.1. The van der Waals surface area contributed by atoms with E-state index in [0.29, 0.717) is 11.2 Å². The Morgan fingerprint density at radius 1 is 1.26 bits per heavy atom. The highest BCUT2D eigenvalue weighted by atomic mass is 32.2. The van der Waals surface area contributed by atoms with Gasteiger partial charge in [0, 0.05) is 29.0 Å². The van der Waals surface area contributed by atoms with Crippen LogP contribution in [0.5, 0.6) is 0 Å². The molecule has 0 spiro atoms. The number of hydrogen-bond donors (Lipinski definition) is 2. The first-order chi connectivity index (χ1) is 10.5. The molecule has 23 heavy (non-hydrogen) atoms. The number of nitrogens with zero attached hydrogens (tertiary/aromatic N) is 1. The van der Waals surface area contributed by atoms with Crippen LogP contribution in [0.25, 0.3) is 10.9 Å². The second kappa shape index (κ2) is 5.69. The van der Waals surface area contributed by atoms with Gasteiger partial charge in [0.15, 0.2) is 9.84 Å². The topological polar surface area (TPSA) is 105 Å². The average molecular weight is 338 g/mol. The van der Waals surface area contributed by atoms with Gasteiger partial charge in [-0.1, -0.05) is 0 Å². The Kier molecular flexibility index (Phi) is 4.21. The first-order valence-corrected chi connectivity index (χ1v) is 8.73. The molecule has 7 nitrogen and oxygen atoms in total. The van der Waals surface area contributed by atoms with Crippen LogP contribution in [0, 0.1) is 0 Å². The molecule has 0 aliphatic rings. The van der Waals surface area contributed by atoms with Crippen molar-refractivity contribution >= 4 is 38.3 Å². The normalized spacial score (nSPS) is 12.3. The van der Waals surface area contributed by atoms with Gasteiger partial charge in [0.1, 0.15) is 11.3 Å². The molecule has 0 bridgehead atoms. The summed E-state index contributed by atoms with van der Waals surface area (Å²) in [6, 6.07) is 6.69. The van der Waals surface area contributed by atoms with Crippen LogP contribution in [0.1, 0.15) is 13.8 Å². The zero-order chi connectivity index (χ0) is 17.4. The highest BCUT2D eigenvalue weighted by molar-refractivity contribution is 7.92. The van der Waals surface area contributed by atoms with Gasteiger partial charge in [-0.25, -0.2) is 8.42 Å². The van der Waals surface area contributed by atoms with Crippen molar-refractivity contribution < 1.29 is 23.1 Å². The number of anilines is 1. The lowest BCUT2D eigenvalue weighted by Gasteiger charge is -2.21. The van der Waals surface area contributed by atoms with Crippen molar-refractivity contribution in [3.05, 3.63) is 30.5 Å². The van der Waals surface area contributed by atoms with Gasteiger partial charge in [0.25, 0.3) is 0 Å². The molecule has 1 aromatic carbocycles. The molecule has 0 atom stereocenters. The van der Waals surface area contributed by atoms with E-state index in [1.807, 2.05) is 0 Å². The maximum Gasteiger partial charge on any atom is 0.323 e. The van der Waals surface area contributed by atoms with E-state index in [9.17, 15) is 18.0 Å². The minimum Gasteiger partial charge on any atom is -0.480 e. The fourth-order valence-corrected chi connectivity index (χ4v) is 2.40. The summed E-state index contributed by atoms with van der Waals surface area (Å²) in [4.78, 5) is 23.0. The third-order valence-electron chi connectivity index (χ3n) is 3.81. The summed E-state index contributed by atoms with van der Waals surface area (Å²) in [5.74, 6) is -1.57. The quantitative estimate of drug-likeness (QED) is 0.859. The molecule has 0 fully saturated rings. The van der Waals surface area contributed by atoms with Crippen LogP contribution in [0.2, 0.25) is 0 Å². The molecule has 0 aliphatic carbocycles. The van der Waals surface area contributed by atoms with Crippen LogP contribution < -0.4 is 5.32 Å². The number of hydrogen-bond acceptors (Lipinski definition) is 4. The first kappa shape index (κ1) is 17.0. The van der Waals surface area contributed by atoms with Gasteiger partial charge in [0.05, 0.1) is 0 Å². The van der Waals surface area contributed by atoms with Gasteiger partial charge < -0.3 is 15.0 Å². The van der Waals surface area contributed by atoms with Crippen LogP contribution in [0.3, 0.4) is 0 Å². The third-order valence-corrected chi connectivity index (χ3v) is 5.85. The number of amides is 1. The molecule has 2 N–H and O–H groups in total. The van der Waals surface area contributed by atoms with Crippen LogP contribution in [-0.4, -0.2) is 41.0 Å². The van der Waals surface area contributed by atoms with E-state index < -0.39 is 26.5 Å². The van der Waals surface area contributed by atoms with E-state index in [2.05, 4.69) is 5.32 Å². The first-order valence-electron chi connectivity index (χ1n) is 6.84. The summed E-state index contributed by atoms with van der Waals surface area (Å²) in [6.07, 6.45) is 2.66. The number of nitrogens with one attached hydrogen (secondary N) is 1. The highest BCUT2D eigenvalue weighted by Crippen LogP contribution is 2.23. The van der Waals surface area contributed by atoms with Crippen LogP contribution in [-0.2, 0) is 26.0 Å². The Morgan fingerprint density at radius 3 is 2.48 bits per heavy atom. The molecule has 0 saturated carbocycles. The minimum atomic E-state index is -3.55. The largest absolute Gasteiger partial charge is 0.480 e. The molecular formula is C15H18N2O5S. The predicted molar refractivity (Wildman–Crippen MR) is 87.1 cm³/mol. The summed E-state index contributed by atoms with van der Waals surface area (Å²) in [7, 11) is -3.55. The van der Waals surface area contributed by atoms with Crippen molar-refractivity contribution in [2.24, 2.45) is 0 Å². The van der Waals surface area contributed by atoms with Gasteiger partial charge in [0.2, 0.25) is 5.91 Å². The number of rotatable bonds is 5. The fourth-order valence-electron chi connectivity index (χ4n) is 2.01. The number of carboxylic acids is 1. The molecule has 1 heterocycles. The van der Waals surface area contributed by atoms with Crippen molar-refractivity contribution in [2.75, 3.05) is 11.6 Å². The number of sulfone groups is 1. The Bertz CT molecular complexity index is 880. The molecular weight excluding hydrogens is 320 g/mol. The summed E-state index contributed by atoms with van der Waals surface area (Å²) < 4.78 is 23.4. The summed E-state index contributed by atoms with van der Waals surface area (Å²) in [5.41, 5.74) is 1.17. The van der Waals surface area contributed by atoms with Gasteiger partial charge in [-0.3, -0.25) is 9.59 Å². The summed E-state index contributed by atoms with van der Waals surface area (Å²) in [5, 5.41) is 12.2. The Hall–Kier alpha value is -2.35. The van der Waals surface area contributed by atoms with E-state index in [1.54, 1.807) is 35.0 Å². The second-order valence-electron chi connectivity index (χ2n) is 5.85. The number of carbonyl (C=O) groups excluding carboxylic acids is 1. The molecule has 124 valence electrons. The standard InChI is InChI=1S/C15H18N2O5S/c1-15(2,23(3,21)22)14(20)16-11-4-5-12-10(8-11)6-7-17(12)9-13(18)19/h4-8H,9H2,1-3H3,(H,16,20)(H,18,19). The van der Waals surface area contributed by atoms with Crippen molar-refractivity contribution in [2.45, 2.75) is 25.1 Å². The van der Waals surface area contributed by atoms with Gasteiger partial charge in [-0.05, 0) is 38.1 Å². The van der Waals surface area contributed by atoms with E-state index in [0.717, 1.165) is 11.6 Å². The molecule has 1 amide bonds. The van der Waals surface area contributed by atoms with E-state index in [1.165, 1.54) is 13.8 Å². The zero-order valence-electron chi connectivity index (χ0n) is 13.0. The average Bonchev–Trinajstić information content (AvgIpc) is 2.79. The third kappa shape index (κ3) is 3.37. The molecule has 2 aromatic rings. The molecule has 0 aliphatic heterocycles. The number of carboxylic acid groups (broad SMARTS) is 1. The maximum absolute atomic E-state index is 12.2. The zero-order valence-corrected chi connectivity index (χ0v) is 13.8. The van der Waals surface area contributed by atoms with Crippen LogP contribution >= 0.6 is 0 Å². The smallest absolute Gasteiger partial charge is 0.323 e. The minimum absolute atomic E-state index is 0.156. The van der Waals surface area contributed by atoms with E-state index in [-0.39, 0.29) is 6.54 Å². The van der Waals surface area contributed by atoms with Crippen molar-refractivity contribution in [3.8, 4) is 0 Å². The van der Waals surface area contributed by atoms with Crippen molar-refractivity contribution in [3.63, 3.8) is 0 Å². The number of fused-ring (bicyclic) bond motifs is 1. The number of aromatic nitrogens is 1. The molecule has 0 radical (unpaired) electrons. The Labute approximate surface area is 133 Å². The van der Waals surface area contributed by atoms with Gasteiger partial charge in [-0.15, -0.1) is 0 Å². The molecule has 8 heteroatoms. The lowest BCUT2D eigenvalue weighted by molar-refractivity contribution is -0.137. The second-order valence-corrected chi connectivity index (χ2v) is 8.41. The maximum atomic E-state index is 12.2. The van der Waals surface area contributed by atoms with E-state index >= 15 is 0 Å². The van der Waals surface area contributed by atoms with Crippen molar-refractivity contribution in [1.29, 1.82) is 0 Å². The van der Waals surface area contributed by atoms with Crippen LogP contribution in [0.4, 0.5) is 5.69 Å². The molecule has 1 aromatic heterocycles. The molecule has 2 rings (SSSR count). The number of benzene rings is 1. The van der Waals surface area contributed by atoms with Crippen molar-refractivity contribution in [1.82, 2.24) is 4.57 Å². The fraction of sp³-hybridized carbons (Fsp3) is 0.333. The lowest BCUT2D eigenvalue weighted by Crippen LogP contribution is -2.43. The molecule has 0 unspecified atom stereocenters. The summed E-state index contributed by atoms with van der Waals surface area (Å²) >= 11 is 0. The SMILES string of the molecule is CC(C)(C(=O)Nc1ccc2c(ccn2CC(=O)O)c1)S(C)(=O)=O. The highest BCUT2D eigenvalue weighted by Gasteiger charge is 2.38.